The summed E-state index contributed by atoms with van der Waals surface area (Å²) in [4.78, 5) is 31.8. The maximum atomic E-state index is 13.2. The molecule has 0 aliphatic carbocycles. The molecule has 0 spiro atoms. The molecule has 0 bridgehead atoms. The molecule has 0 radical (unpaired) electrons. The van der Waals surface area contributed by atoms with Crippen molar-refractivity contribution in [2.75, 3.05) is 66.6 Å². The van der Waals surface area contributed by atoms with Crippen molar-refractivity contribution in [3.05, 3.63) is 59.4 Å². The predicted molar refractivity (Wildman–Crippen MR) is 129 cm³/mol. The highest BCUT2D eigenvalue weighted by Gasteiger charge is 2.28. The minimum atomic E-state index is -0.352. The van der Waals surface area contributed by atoms with Crippen LogP contribution in [0.3, 0.4) is 0 Å². The molecule has 9 heteroatoms. The molecule has 188 valence electrons. The largest absolute Gasteiger partial charge is 0.493 e. The maximum absolute atomic E-state index is 13.2. The van der Waals surface area contributed by atoms with Gasteiger partial charge in [-0.3, -0.25) is 14.5 Å². The van der Waals surface area contributed by atoms with Crippen LogP contribution in [0.15, 0.2) is 42.5 Å². The second kappa shape index (κ2) is 11.5. The van der Waals surface area contributed by atoms with Gasteiger partial charge in [-0.1, -0.05) is 0 Å². The zero-order valence-corrected chi connectivity index (χ0v) is 20.2. The lowest BCUT2D eigenvalue weighted by Crippen LogP contribution is -2.50. The molecule has 2 saturated heterocycles. The Hall–Kier alpha value is -3.17. The molecular formula is C26H32FN3O5. The van der Waals surface area contributed by atoms with Gasteiger partial charge >= 0.3 is 0 Å². The van der Waals surface area contributed by atoms with Crippen LogP contribution < -0.4 is 9.47 Å². The molecule has 2 aliphatic rings. The number of morpholine rings is 1. The van der Waals surface area contributed by atoms with E-state index < -0.39 is 0 Å². The molecule has 2 aromatic carbocycles. The van der Waals surface area contributed by atoms with Crippen LogP contribution in [0, 0.1) is 5.82 Å². The second-order valence-corrected chi connectivity index (χ2v) is 8.77. The van der Waals surface area contributed by atoms with Crippen molar-refractivity contribution in [1.29, 1.82) is 0 Å². The number of nitrogens with zero attached hydrogens (tertiary/aromatic N) is 3. The summed E-state index contributed by atoms with van der Waals surface area (Å²) in [6, 6.07) is 10.9. The van der Waals surface area contributed by atoms with Gasteiger partial charge in [0.1, 0.15) is 5.82 Å². The topological polar surface area (TPSA) is 71.5 Å². The Morgan fingerprint density at radius 1 is 0.886 bits per heavy atom. The van der Waals surface area contributed by atoms with Crippen LogP contribution in [0.25, 0.3) is 0 Å². The average molecular weight is 486 g/mol. The Kier molecular flexibility index (Phi) is 8.20. The summed E-state index contributed by atoms with van der Waals surface area (Å²) in [7, 11) is 3.11. The first-order chi connectivity index (χ1) is 17.0. The highest BCUT2D eigenvalue weighted by molar-refractivity contribution is 5.95. The van der Waals surface area contributed by atoms with E-state index in [0.29, 0.717) is 62.0 Å². The normalized spacial score (nSPS) is 19.2. The van der Waals surface area contributed by atoms with Gasteiger partial charge in [0.05, 0.1) is 26.9 Å². The quantitative estimate of drug-likeness (QED) is 0.626. The van der Waals surface area contributed by atoms with Gasteiger partial charge in [-0.05, 0) is 55.4 Å². The van der Waals surface area contributed by atoms with E-state index >= 15 is 0 Å². The summed E-state index contributed by atoms with van der Waals surface area (Å²) < 4.78 is 29.8. The van der Waals surface area contributed by atoms with E-state index in [1.54, 1.807) is 32.4 Å². The van der Waals surface area contributed by atoms with Crippen LogP contribution in [0.2, 0.25) is 0 Å². The number of rotatable bonds is 6. The summed E-state index contributed by atoms with van der Waals surface area (Å²) in [6.07, 6.45) is 0.737. The first kappa shape index (κ1) is 24.9. The van der Waals surface area contributed by atoms with Crippen LogP contribution in [0.4, 0.5) is 4.39 Å². The van der Waals surface area contributed by atoms with Crippen molar-refractivity contribution in [3.63, 3.8) is 0 Å². The van der Waals surface area contributed by atoms with E-state index in [2.05, 4.69) is 4.90 Å². The van der Waals surface area contributed by atoms with Crippen LogP contribution in [0.1, 0.15) is 27.1 Å². The monoisotopic (exact) mass is 485 g/mol. The molecule has 35 heavy (non-hydrogen) atoms. The third-order valence-corrected chi connectivity index (χ3v) is 6.49. The first-order valence-corrected chi connectivity index (χ1v) is 11.9. The number of methoxy groups -OCH3 is 2. The van der Waals surface area contributed by atoms with Gasteiger partial charge in [0, 0.05) is 50.4 Å². The maximum Gasteiger partial charge on any atom is 0.254 e. The van der Waals surface area contributed by atoms with Gasteiger partial charge in [-0.25, -0.2) is 4.39 Å². The Labute approximate surface area is 205 Å². The summed E-state index contributed by atoms with van der Waals surface area (Å²) in [6.45, 7) is 5.01. The minimum Gasteiger partial charge on any atom is -0.493 e. The Balaban J connectivity index is 1.32. The summed E-state index contributed by atoms with van der Waals surface area (Å²) in [5.74, 6) is 0.609. The van der Waals surface area contributed by atoms with Gasteiger partial charge < -0.3 is 24.0 Å². The zero-order chi connectivity index (χ0) is 24.8. The van der Waals surface area contributed by atoms with E-state index in [1.807, 2.05) is 9.80 Å². The molecule has 0 aromatic heterocycles. The van der Waals surface area contributed by atoms with Gasteiger partial charge in [0.15, 0.2) is 11.5 Å². The molecule has 2 fully saturated rings. The molecule has 0 saturated carbocycles. The number of carbonyl (C=O) groups is 2. The number of halogens is 1. The standard InChI is InChI=1S/C26H32FN3O5/c1-33-23-9-6-20(16-24(23)34-2)26(32)30-14-15-35-22(18-30)17-28-10-3-11-29(13-12-28)25(31)19-4-7-21(27)8-5-19/h4-9,16,22H,3,10-15,17-18H2,1-2H3. The van der Waals surface area contributed by atoms with Crippen molar-refractivity contribution >= 4 is 11.8 Å². The molecule has 2 heterocycles. The molecule has 2 aromatic rings. The highest BCUT2D eigenvalue weighted by Crippen LogP contribution is 2.28. The van der Waals surface area contributed by atoms with E-state index in [1.165, 1.54) is 24.3 Å². The molecule has 2 aliphatic heterocycles. The molecule has 4 rings (SSSR count). The third-order valence-electron chi connectivity index (χ3n) is 6.49. The lowest BCUT2D eigenvalue weighted by molar-refractivity contribution is -0.0353. The molecule has 1 unspecified atom stereocenters. The molecular weight excluding hydrogens is 453 g/mol. The SMILES string of the molecule is COc1ccc(C(=O)N2CCOC(CN3CCCN(C(=O)c4ccc(F)cc4)CC3)C2)cc1OC. The molecule has 0 N–H and O–H groups in total. The smallest absolute Gasteiger partial charge is 0.254 e. The molecule has 2 amide bonds. The Bertz CT molecular complexity index is 1030. The summed E-state index contributed by atoms with van der Waals surface area (Å²) in [5.41, 5.74) is 1.05. The molecule has 1 atom stereocenters. The van der Waals surface area contributed by atoms with Crippen molar-refractivity contribution in [3.8, 4) is 11.5 Å². The van der Waals surface area contributed by atoms with Gasteiger partial charge in [-0.15, -0.1) is 0 Å². The highest BCUT2D eigenvalue weighted by atomic mass is 19.1. The van der Waals surface area contributed by atoms with Crippen LogP contribution in [0.5, 0.6) is 11.5 Å². The van der Waals surface area contributed by atoms with E-state index in [-0.39, 0.29) is 23.7 Å². The van der Waals surface area contributed by atoms with Crippen molar-refractivity contribution in [1.82, 2.24) is 14.7 Å². The number of amides is 2. The number of benzene rings is 2. The summed E-state index contributed by atoms with van der Waals surface area (Å²) >= 11 is 0. The first-order valence-electron chi connectivity index (χ1n) is 11.9. The van der Waals surface area contributed by atoms with Crippen molar-refractivity contribution in [2.24, 2.45) is 0 Å². The number of ether oxygens (including phenoxy) is 3. The fourth-order valence-electron chi connectivity index (χ4n) is 4.59. The second-order valence-electron chi connectivity index (χ2n) is 8.77. The Morgan fingerprint density at radius 2 is 1.60 bits per heavy atom. The average Bonchev–Trinajstić information content (AvgIpc) is 3.13. The predicted octanol–water partition coefficient (Wildman–Crippen LogP) is 2.53. The number of carbonyl (C=O) groups excluding carboxylic acids is 2. The zero-order valence-electron chi connectivity index (χ0n) is 20.2. The van der Waals surface area contributed by atoms with Crippen LogP contribution in [-0.2, 0) is 4.74 Å². The third kappa shape index (κ3) is 6.10. The fraction of sp³-hybridized carbons (Fsp3) is 0.462. The van der Waals surface area contributed by atoms with E-state index in [4.69, 9.17) is 14.2 Å². The van der Waals surface area contributed by atoms with Gasteiger partial charge in [0.25, 0.3) is 11.8 Å². The molecule has 8 nitrogen and oxygen atoms in total. The number of hydrogen-bond donors (Lipinski definition) is 0. The van der Waals surface area contributed by atoms with Crippen molar-refractivity contribution < 1.29 is 28.2 Å². The minimum absolute atomic E-state index is 0.0637. The summed E-state index contributed by atoms with van der Waals surface area (Å²) in [5, 5.41) is 0. The van der Waals surface area contributed by atoms with E-state index in [0.717, 1.165) is 19.5 Å². The fourth-order valence-corrected chi connectivity index (χ4v) is 4.59. The van der Waals surface area contributed by atoms with E-state index in [9.17, 15) is 14.0 Å². The number of hydrogen-bond acceptors (Lipinski definition) is 6. The lowest BCUT2D eigenvalue weighted by atomic mass is 10.1. The van der Waals surface area contributed by atoms with Crippen molar-refractivity contribution in [2.45, 2.75) is 12.5 Å². The van der Waals surface area contributed by atoms with Gasteiger partial charge in [-0.2, -0.15) is 0 Å². The van der Waals surface area contributed by atoms with Gasteiger partial charge in [0.2, 0.25) is 0 Å². The Morgan fingerprint density at radius 3 is 2.34 bits per heavy atom. The lowest BCUT2D eigenvalue weighted by Gasteiger charge is -2.35. The van der Waals surface area contributed by atoms with Crippen LogP contribution in [-0.4, -0.2) is 99.3 Å². The van der Waals surface area contributed by atoms with Crippen LogP contribution >= 0.6 is 0 Å².